The number of nitrogens with zero attached hydrogens (tertiary/aromatic N) is 1. The van der Waals surface area contributed by atoms with E-state index in [-0.39, 0.29) is 10.7 Å². The molecule has 0 saturated carbocycles. The Morgan fingerprint density at radius 3 is 2.60 bits per heavy atom. The molecule has 0 saturated heterocycles. The van der Waals surface area contributed by atoms with E-state index >= 15 is 0 Å². The summed E-state index contributed by atoms with van der Waals surface area (Å²) in [5, 5.41) is 10.6. The summed E-state index contributed by atoms with van der Waals surface area (Å²) < 4.78 is 27.4. The average Bonchev–Trinajstić information content (AvgIpc) is 2.78. The largest absolute Gasteiger partial charge is 0.511 e. The minimum atomic E-state index is -3.61. The Balaban J connectivity index is 2.25. The van der Waals surface area contributed by atoms with Crippen LogP contribution < -0.4 is 0 Å². The van der Waals surface area contributed by atoms with Gasteiger partial charge in [-0.15, -0.1) is 0 Å². The molecule has 0 radical (unpaired) electrons. The zero-order valence-corrected chi connectivity index (χ0v) is 12.2. The Morgan fingerprint density at radius 1 is 1.15 bits per heavy atom. The maximum Gasteiger partial charge on any atom is 0.208 e. The first kappa shape index (κ1) is 13.2. The van der Waals surface area contributed by atoms with Gasteiger partial charge in [-0.05, 0) is 25.3 Å². The number of benzene rings is 1. The Morgan fingerprint density at radius 2 is 1.85 bits per heavy atom. The van der Waals surface area contributed by atoms with E-state index in [0.717, 1.165) is 18.4 Å². The molecule has 3 rings (SSSR count). The highest BCUT2D eigenvalue weighted by atomic mass is 32.2. The number of aromatic nitrogens is 1. The molecule has 2 aromatic rings. The van der Waals surface area contributed by atoms with Gasteiger partial charge in [0.05, 0.1) is 9.80 Å². The lowest BCUT2D eigenvalue weighted by Gasteiger charge is -2.15. The quantitative estimate of drug-likeness (QED) is 0.923. The minimum absolute atomic E-state index is 0.0317. The molecule has 20 heavy (non-hydrogen) atoms. The molecule has 0 unspecified atom stereocenters. The number of hydrogen-bond donors (Lipinski definition) is 1. The lowest BCUT2D eigenvalue weighted by molar-refractivity contribution is 0.364. The van der Waals surface area contributed by atoms with Crippen LogP contribution in [0.3, 0.4) is 0 Å². The van der Waals surface area contributed by atoms with E-state index in [2.05, 4.69) is 0 Å². The van der Waals surface area contributed by atoms with E-state index in [4.69, 9.17) is 0 Å². The molecule has 0 fully saturated rings. The van der Waals surface area contributed by atoms with Crippen LogP contribution in [0.25, 0.3) is 10.9 Å². The van der Waals surface area contributed by atoms with E-state index in [1.807, 2.05) is 35.9 Å². The van der Waals surface area contributed by atoms with Gasteiger partial charge < -0.3 is 9.67 Å². The molecule has 4 nitrogen and oxygen atoms in total. The number of sulfone groups is 1. The molecular weight excluding hydrogens is 274 g/mol. The van der Waals surface area contributed by atoms with E-state index in [1.165, 1.54) is 0 Å². The fourth-order valence-corrected chi connectivity index (χ4v) is 4.65. The van der Waals surface area contributed by atoms with Crippen molar-refractivity contribution in [2.24, 2.45) is 7.05 Å². The third-order valence-corrected chi connectivity index (χ3v) is 5.86. The monoisotopic (exact) mass is 291 g/mol. The minimum Gasteiger partial charge on any atom is -0.511 e. The molecule has 1 N–H and O–H groups in total. The van der Waals surface area contributed by atoms with Crippen molar-refractivity contribution in [1.29, 1.82) is 0 Å². The molecule has 1 aliphatic carbocycles. The van der Waals surface area contributed by atoms with Crippen LogP contribution in [0.4, 0.5) is 0 Å². The number of fused-ring (bicyclic) bond motifs is 1. The Kier molecular flexibility index (Phi) is 3.09. The van der Waals surface area contributed by atoms with Gasteiger partial charge in [0.1, 0.15) is 5.76 Å². The number of para-hydroxylation sites is 1. The summed E-state index contributed by atoms with van der Waals surface area (Å²) in [6.07, 6.45) is 4.18. The SMILES string of the molecule is Cn1cc(S(=O)(=O)C2=C(O)CCCC2)c2ccccc21. The van der Waals surface area contributed by atoms with Crippen LogP contribution in [-0.4, -0.2) is 18.1 Å². The van der Waals surface area contributed by atoms with Crippen molar-refractivity contribution in [3.8, 4) is 0 Å². The first-order chi connectivity index (χ1) is 9.51. The molecule has 1 aromatic carbocycles. The van der Waals surface area contributed by atoms with Gasteiger partial charge in [-0.2, -0.15) is 0 Å². The number of aryl methyl sites for hydroxylation is 1. The van der Waals surface area contributed by atoms with Crippen LogP contribution in [0.1, 0.15) is 25.7 Å². The summed E-state index contributed by atoms with van der Waals surface area (Å²) in [6.45, 7) is 0. The van der Waals surface area contributed by atoms with E-state index in [9.17, 15) is 13.5 Å². The predicted molar refractivity (Wildman–Crippen MR) is 78.2 cm³/mol. The second-order valence-electron chi connectivity index (χ2n) is 5.20. The standard InChI is InChI=1S/C15H17NO3S/c1-16-10-15(11-6-2-3-7-12(11)16)20(18,19)14-9-5-4-8-13(14)17/h2-3,6-7,10,17H,4-5,8-9H2,1H3. The van der Waals surface area contributed by atoms with Crippen LogP contribution in [-0.2, 0) is 16.9 Å². The van der Waals surface area contributed by atoms with Crippen molar-refractivity contribution < 1.29 is 13.5 Å². The van der Waals surface area contributed by atoms with Crippen LogP contribution in [0, 0.1) is 0 Å². The average molecular weight is 291 g/mol. The maximum absolute atomic E-state index is 12.8. The van der Waals surface area contributed by atoms with Crippen LogP contribution in [0.2, 0.25) is 0 Å². The van der Waals surface area contributed by atoms with Crippen molar-refractivity contribution in [2.45, 2.75) is 30.6 Å². The van der Waals surface area contributed by atoms with E-state index in [0.29, 0.717) is 23.1 Å². The van der Waals surface area contributed by atoms with E-state index in [1.54, 1.807) is 6.20 Å². The normalized spacial score (nSPS) is 16.9. The topological polar surface area (TPSA) is 59.3 Å². The molecule has 0 bridgehead atoms. The molecule has 1 aromatic heterocycles. The zero-order valence-electron chi connectivity index (χ0n) is 11.3. The van der Waals surface area contributed by atoms with Gasteiger partial charge in [0, 0.05) is 30.6 Å². The third kappa shape index (κ3) is 1.93. The molecule has 0 amide bonds. The Hall–Kier alpha value is -1.75. The molecule has 0 aliphatic heterocycles. The smallest absolute Gasteiger partial charge is 0.208 e. The third-order valence-electron chi connectivity index (χ3n) is 3.86. The van der Waals surface area contributed by atoms with Crippen molar-refractivity contribution in [3.63, 3.8) is 0 Å². The summed E-state index contributed by atoms with van der Waals surface area (Å²) in [4.78, 5) is 0.485. The molecule has 1 heterocycles. The zero-order chi connectivity index (χ0) is 14.3. The highest BCUT2D eigenvalue weighted by molar-refractivity contribution is 7.95. The number of aliphatic hydroxyl groups excluding tert-OH is 1. The first-order valence-corrected chi connectivity index (χ1v) is 8.20. The van der Waals surface area contributed by atoms with Crippen LogP contribution in [0.15, 0.2) is 46.0 Å². The van der Waals surface area contributed by atoms with Gasteiger partial charge in [0.2, 0.25) is 9.84 Å². The predicted octanol–water partition coefficient (Wildman–Crippen LogP) is 3.30. The molecular formula is C15H17NO3S. The first-order valence-electron chi connectivity index (χ1n) is 6.72. The molecule has 106 valence electrons. The Bertz CT molecular complexity index is 800. The van der Waals surface area contributed by atoms with Gasteiger partial charge in [-0.3, -0.25) is 0 Å². The van der Waals surface area contributed by atoms with Gasteiger partial charge in [0.25, 0.3) is 0 Å². The van der Waals surface area contributed by atoms with Crippen LogP contribution >= 0.6 is 0 Å². The summed E-state index contributed by atoms with van der Waals surface area (Å²) in [6, 6.07) is 7.42. The fourth-order valence-electron chi connectivity index (χ4n) is 2.80. The van der Waals surface area contributed by atoms with Crippen molar-refractivity contribution in [1.82, 2.24) is 4.57 Å². The second kappa shape index (κ2) is 4.66. The maximum atomic E-state index is 12.8. The van der Waals surface area contributed by atoms with Crippen molar-refractivity contribution in [2.75, 3.05) is 0 Å². The van der Waals surface area contributed by atoms with Gasteiger partial charge in [-0.1, -0.05) is 18.2 Å². The lowest BCUT2D eigenvalue weighted by atomic mass is 10.1. The highest BCUT2D eigenvalue weighted by Gasteiger charge is 2.29. The molecule has 1 aliphatic rings. The molecule has 0 spiro atoms. The molecule has 0 atom stereocenters. The molecule has 5 heteroatoms. The number of rotatable bonds is 2. The summed E-state index contributed by atoms with van der Waals surface area (Å²) in [5.41, 5.74) is 0.877. The number of hydrogen-bond acceptors (Lipinski definition) is 3. The summed E-state index contributed by atoms with van der Waals surface area (Å²) >= 11 is 0. The van der Waals surface area contributed by atoms with Gasteiger partial charge >= 0.3 is 0 Å². The summed E-state index contributed by atoms with van der Waals surface area (Å²) in [7, 11) is -1.78. The number of aliphatic hydroxyl groups is 1. The van der Waals surface area contributed by atoms with Gasteiger partial charge in [0.15, 0.2) is 0 Å². The fraction of sp³-hybridized carbons (Fsp3) is 0.333. The lowest BCUT2D eigenvalue weighted by Crippen LogP contribution is -2.11. The van der Waals surface area contributed by atoms with Crippen molar-refractivity contribution in [3.05, 3.63) is 41.1 Å². The summed E-state index contributed by atoms with van der Waals surface area (Å²) in [5.74, 6) is 0.0317. The Labute approximate surface area is 118 Å². The van der Waals surface area contributed by atoms with Crippen molar-refractivity contribution >= 4 is 20.7 Å². The van der Waals surface area contributed by atoms with Crippen LogP contribution in [0.5, 0.6) is 0 Å². The van der Waals surface area contributed by atoms with E-state index < -0.39 is 9.84 Å². The van der Waals surface area contributed by atoms with Gasteiger partial charge in [-0.25, -0.2) is 8.42 Å². The highest BCUT2D eigenvalue weighted by Crippen LogP contribution is 2.35. The number of allylic oxidation sites excluding steroid dienone is 2. The second-order valence-corrected chi connectivity index (χ2v) is 7.14.